The summed E-state index contributed by atoms with van der Waals surface area (Å²) in [7, 11) is -3.68. The lowest BCUT2D eigenvalue weighted by Crippen LogP contribution is -2.15. The maximum Gasteiger partial charge on any atom is 0.363 e. The summed E-state index contributed by atoms with van der Waals surface area (Å²) in [6, 6.07) is 24.4. The van der Waals surface area contributed by atoms with Crippen LogP contribution in [-0.2, 0) is 18.9 Å². The fourth-order valence-electron chi connectivity index (χ4n) is 3.76. The van der Waals surface area contributed by atoms with Gasteiger partial charge in [0.25, 0.3) is 0 Å². The zero-order valence-corrected chi connectivity index (χ0v) is 21.5. The first kappa shape index (κ1) is 24.5. The number of nitrogens with zero attached hydrogens (tertiary/aromatic N) is 1. The van der Waals surface area contributed by atoms with E-state index in [4.69, 9.17) is 9.05 Å². The molecule has 0 aliphatic rings. The summed E-state index contributed by atoms with van der Waals surface area (Å²) in [5.41, 5.74) is 4.24. The fraction of sp³-hybridized carbons (Fsp3) is 0.185. The lowest BCUT2D eigenvalue weighted by Gasteiger charge is -2.20. The first-order valence-corrected chi connectivity index (χ1v) is 13.7. The van der Waals surface area contributed by atoms with E-state index < -0.39 is 7.60 Å². The van der Waals surface area contributed by atoms with Crippen molar-refractivity contribution in [2.24, 2.45) is 0 Å². The Morgan fingerprint density at radius 1 is 0.882 bits per heavy atom. The molecule has 5 nitrogen and oxygen atoms in total. The van der Waals surface area contributed by atoms with E-state index in [1.807, 2.05) is 54.6 Å². The first-order valence-electron chi connectivity index (χ1n) is 11.1. The van der Waals surface area contributed by atoms with Crippen LogP contribution in [0.2, 0.25) is 0 Å². The van der Waals surface area contributed by atoms with Crippen molar-refractivity contribution in [1.82, 2.24) is 4.98 Å². The van der Waals surface area contributed by atoms with E-state index in [-0.39, 0.29) is 24.7 Å². The molecule has 0 amide bonds. The first-order chi connectivity index (χ1) is 16.5. The average Bonchev–Trinajstić information content (AvgIpc) is 2.88. The molecule has 174 valence electrons. The number of hydrogen-bond acceptors (Lipinski definition) is 5. The van der Waals surface area contributed by atoms with Gasteiger partial charge in [-0.15, -0.1) is 0 Å². The number of carbonyl (C=O) groups excluding carboxylic acids is 1. The minimum atomic E-state index is -3.68. The molecule has 1 aromatic heterocycles. The van der Waals surface area contributed by atoms with E-state index in [0.29, 0.717) is 16.4 Å². The number of pyridine rings is 1. The summed E-state index contributed by atoms with van der Waals surface area (Å²) in [6.07, 6.45) is 0. The number of rotatable bonds is 9. The van der Waals surface area contributed by atoms with Crippen molar-refractivity contribution in [3.63, 3.8) is 0 Å². The van der Waals surface area contributed by atoms with Crippen LogP contribution in [0.5, 0.6) is 0 Å². The summed E-state index contributed by atoms with van der Waals surface area (Å²) in [5, 5.41) is 1.87. The number of aromatic nitrogens is 1. The van der Waals surface area contributed by atoms with E-state index in [2.05, 4.69) is 20.9 Å². The van der Waals surface area contributed by atoms with Gasteiger partial charge in [-0.3, -0.25) is 9.36 Å². The predicted octanol–water partition coefficient (Wildman–Crippen LogP) is 6.92. The molecule has 4 aromatic rings. The monoisotopic (exact) mass is 537 g/mol. The quantitative estimate of drug-likeness (QED) is 0.132. The minimum absolute atomic E-state index is 0.203. The Morgan fingerprint density at radius 2 is 1.56 bits per heavy atom. The largest absolute Gasteiger partial charge is 0.363 e. The Morgan fingerprint density at radius 3 is 2.18 bits per heavy atom. The highest BCUT2D eigenvalue weighted by Crippen LogP contribution is 2.49. The number of alkyl halides is 1. The number of halogens is 1. The van der Waals surface area contributed by atoms with Gasteiger partial charge in [-0.05, 0) is 48.7 Å². The molecule has 0 atom stereocenters. The summed E-state index contributed by atoms with van der Waals surface area (Å²) < 4.78 is 25.2. The van der Waals surface area contributed by atoms with Gasteiger partial charge in [-0.25, -0.2) is 4.98 Å². The Hall–Kier alpha value is -2.63. The molecule has 34 heavy (non-hydrogen) atoms. The van der Waals surface area contributed by atoms with E-state index in [9.17, 15) is 9.36 Å². The van der Waals surface area contributed by atoms with Crippen molar-refractivity contribution in [2.75, 3.05) is 13.2 Å². The van der Waals surface area contributed by atoms with E-state index in [1.165, 1.54) is 0 Å². The van der Waals surface area contributed by atoms with Gasteiger partial charge >= 0.3 is 7.60 Å². The molecule has 0 fully saturated rings. The maximum atomic E-state index is 13.9. The standard InChI is InChI=1S/C27H25BrNO4P/c1-3-32-34(31,33-4-2)25-17-23(20-12-10-19(18-28)11-13-20)16-22-14-15-24(29-26(22)25)27(30)21-8-6-5-7-9-21/h5-17H,3-4,18H2,1-2H3. The molecular weight excluding hydrogens is 513 g/mol. The van der Waals surface area contributed by atoms with Gasteiger partial charge in [-0.2, -0.15) is 0 Å². The van der Waals surface area contributed by atoms with Crippen LogP contribution in [-0.4, -0.2) is 24.0 Å². The fourth-order valence-corrected chi connectivity index (χ4v) is 5.90. The molecule has 0 saturated carbocycles. The maximum absolute atomic E-state index is 13.9. The molecule has 3 aromatic carbocycles. The molecule has 0 aliphatic carbocycles. The number of carbonyl (C=O) groups is 1. The molecular formula is C27H25BrNO4P. The smallest absolute Gasteiger partial charge is 0.305 e. The summed E-state index contributed by atoms with van der Waals surface area (Å²) >= 11 is 3.47. The third-order valence-corrected chi connectivity index (χ3v) is 8.15. The number of ketones is 1. The molecule has 0 aliphatic heterocycles. The number of fused-ring (bicyclic) bond motifs is 1. The van der Waals surface area contributed by atoms with Gasteiger partial charge in [0.1, 0.15) is 5.69 Å². The molecule has 0 bridgehead atoms. The molecule has 4 rings (SSSR count). The Bertz CT molecular complexity index is 1350. The van der Waals surface area contributed by atoms with Crippen LogP contribution < -0.4 is 5.30 Å². The summed E-state index contributed by atoms with van der Waals surface area (Å²) in [4.78, 5) is 17.7. The third kappa shape index (κ3) is 5.06. The van der Waals surface area contributed by atoms with Crippen LogP contribution in [0, 0.1) is 0 Å². The van der Waals surface area contributed by atoms with Crippen molar-refractivity contribution in [2.45, 2.75) is 19.2 Å². The Labute approximate surface area is 207 Å². The van der Waals surface area contributed by atoms with Crippen LogP contribution in [0.4, 0.5) is 0 Å². The molecule has 1 heterocycles. The van der Waals surface area contributed by atoms with Crippen LogP contribution >= 0.6 is 23.5 Å². The third-order valence-electron chi connectivity index (χ3n) is 5.38. The second-order valence-electron chi connectivity index (χ2n) is 7.62. The van der Waals surface area contributed by atoms with Crippen LogP contribution in [0.25, 0.3) is 22.0 Å². The summed E-state index contributed by atoms with van der Waals surface area (Å²) in [5.74, 6) is -0.203. The van der Waals surface area contributed by atoms with E-state index >= 15 is 0 Å². The van der Waals surface area contributed by atoms with Crippen molar-refractivity contribution in [3.8, 4) is 11.1 Å². The normalized spacial score (nSPS) is 11.6. The zero-order chi connectivity index (χ0) is 24.1. The van der Waals surface area contributed by atoms with Gasteiger partial charge in [0.15, 0.2) is 0 Å². The van der Waals surface area contributed by atoms with Gasteiger partial charge in [0.05, 0.1) is 24.0 Å². The second kappa shape index (κ2) is 10.7. The number of hydrogen-bond donors (Lipinski definition) is 0. The second-order valence-corrected chi connectivity index (χ2v) is 10.2. The highest BCUT2D eigenvalue weighted by molar-refractivity contribution is 9.08. The van der Waals surface area contributed by atoms with E-state index in [0.717, 1.165) is 27.4 Å². The highest BCUT2D eigenvalue weighted by Gasteiger charge is 2.31. The van der Waals surface area contributed by atoms with Gasteiger partial charge in [-0.1, -0.05) is 76.6 Å². The summed E-state index contributed by atoms with van der Waals surface area (Å²) in [6.45, 7) is 3.97. The average molecular weight is 538 g/mol. The van der Waals surface area contributed by atoms with E-state index in [1.54, 1.807) is 38.1 Å². The van der Waals surface area contributed by atoms with Gasteiger partial charge < -0.3 is 9.05 Å². The lowest BCUT2D eigenvalue weighted by molar-refractivity contribution is 0.103. The lowest BCUT2D eigenvalue weighted by atomic mass is 10.0. The van der Waals surface area contributed by atoms with Crippen LogP contribution in [0.3, 0.4) is 0 Å². The molecule has 0 radical (unpaired) electrons. The molecule has 0 unspecified atom stereocenters. The van der Waals surface area contributed by atoms with Crippen molar-refractivity contribution < 1.29 is 18.4 Å². The predicted molar refractivity (Wildman–Crippen MR) is 140 cm³/mol. The van der Waals surface area contributed by atoms with Crippen LogP contribution in [0.1, 0.15) is 35.5 Å². The van der Waals surface area contributed by atoms with Gasteiger partial charge in [0.2, 0.25) is 5.78 Å². The van der Waals surface area contributed by atoms with Crippen molar-refractivity contribution >= 4 is 45.5 Å². The van der Waals surface area contributed by atoms with Gasteiger partial charge in [0, 0.05) is 16.3 Å². The zero-order valence-electron chi connectivity index (χ0n) is 19.0. The van der Waals surface area contributed by atoms with Crippen molar-refractivity contribution in [3.05, 3.63) is 95.7 Å². The molecule has 0 spiro atoms. The number of benzene rings is 3. The topological polar surface area (TPSA) is 65.5 Å². The molecule has 0 saturated heterocycles. The molecule has 7 heteroatoms. The highest BCUT2D eigenvalue weighted by atomic mass is 79.9. The molecule has 0 N–H and O–H groups in total. The van der Waals surface area contributed by atoms with Crippen molar-refractivity contribution in [1.29, 1.82) is 0 Å². The van der Waals surface area contributed by atoms with Crippen LogP contribution in [0.15, 0.2) is 78.9 Å². The Balaban J connectivity index is 1.93. The SMILES string of the molecule is CCOP(=O)(OCC)c1cc(-c2ccc(CBr)cc2)cc2ccc(C(=O)c3ccccc3)nc12. The Kier molecular flexibility index (Phi) is 7.74. The minimum Gasteiger partial charge on any atom is -0.305 e.